The van der Waals surface area contributed by atoms with Crippen molar-refractivity contribution in [2.24, 2.45) is 0 Å². The topological polar surface area (TPSA) is 130 Å². The number of carbonyl (C=O) groups is 1. The normalized spacial score (nSPS) is 12.4. The van der Waals surface area contributed by atoms with Crippen LogP contribution in [0, 0.1) is 6.92 Å². The van der Waals surface area contributed by atoms with Crippen LogP contribution in [0.1, 0.15) is 34.7 Å². The molecule has 3 N–H and O–H groups in total. The Morgan fingerprint density at radius 3 is 3.04 bits per heavy atom. The van der Waals surface area contributed by atoms with Gasteiger partial charge in [-0.2, -0.15) is 9.78 Å². The highest BCUT2D eigenvalue weighted by molar-refractivity contribution is 5.97. The lowest BCUT2D eigenvalue weighted by molar-refractivity contribution is 0.0938. The third-order valence-corrected chi connectivity index (χ3v) is 3.86. The molecule has 0 aliphatic heterocycles. The van der Waals surface area contributed by atoms with E-state index in [4.69, 9.17) is 0 Å². The third-order valence-electron chi connectivity index (χ3n) is 3.86. The van der Waals surface area contributed by atoms with Crippen molar-refractivity contribution in [1.29, 1.82) is 0 Å². The van der Waals surface area contributed by atoms with Crippen LogP contribution in [-0.4, -0.2) is 46.3 Å². The standard InChI is InChI=1S/C15H15N9O/c1-8-3-4-11-12(5-8)20-13(19-11)9(2)18-15(25)10-6-16-21-14(10)24-7-17-22-23-24/h3-7,9H,1-2H3,(H,16,21)(H,18,25)(H,19,20)/t9-/m1/s1. The quantitative estimate of drug-likeness (QED) is 0.510. The van der Waals surface area contributed by atoms with Gasteiger partial charge < -0.3 is 10.3 Å². The van der Waals surface area contributed by atoms with Crippen molar-refractivity contribution in [3.05, 3.63) is 47.7 Å². The number of nitrogens with zero attached hydrogens (tertiary/aromatic N) is 6. The molecule has 0 saturated carbocycles. The van der Waals surface area contributed by atoms with Crippen molar-refractivity contribution in [3.63, 3.8) is 0 Å². The highest BCUT2D eigenvalue weighted by Crippen LogP contribution is 2.18. The number of amides is 1. The van der Waals surface area contributed by atoms with Crippen LogP contribution in [0.15, 0.2) is 30.7 Å². The minimum absolute atomic E-state index is 0.302. The number of aryl methyl sites for hydroxylation is 1. The smallest absolute Gasteiger partial charge is 0.257 e. The summed E-state index contributed by atoms with van der Waals surface area (Å²) in [6, 6.07) is 5.66. The number of aromatic nitrogens is 8. The highest BCUT2D eigenvalue weighted by Gasteiger charge is 2.20. The van der Waals surface area contributed by atoms with Gasteiger partial charge in [0.05, 0.1) is 23.3 Å². The SMILES string of the molecule is Cc1ccc2nc([C@@H](C)NC(=O)c3cn[nH]c3-n3cnnn3)[nH]c2c1. The van der Waals surface area contributed by atoms with Gasteiger partial charge in [-0.3, -0.25) is 9.89 Å². The van der Waals surface area contributed by atoms with Gasteiger partial charge in [0.2, 0.25) is 0 Å². The van der Waals surface area contributed by atoms with Gasteiger partial charge in [-0.25, -0.2) is 4.98 Å². The lowest BCUT2D eigenvalue weighted by Crippen LogP contribution is -2.28. The Kier molecular flexibility index (Phi) is 3.49. The van der Waals surface area contributed by atoms with Gasteiger partial charge in [0.1, 0.15) is 17.7 Å². The summed E-state index contributed by atoms with van der Waals surface area (Å²) in [6.45, 7) is 3.88. The van der Waals surface area contributed by atoms with Crippen molar-refractivity contribution in [3.8, 4) is 5.82 Å². The Hall–Kier alpha value is -3.56. The summed E-state index contributed by atoms with van der Waals surface area (Å²) in [5, 5.41) is 20.4. The van der Waals surface area contributed by atoms with Crippen LogP contribution in [-0.2, 0) is 0 Å². The van der Waals surface area contributed by atoms with Crippen molar-refractivity contribution in [1.82, 2.24) is 45.7 Å². The summed E-state index contributed by atoms with van der Waals surface area (Å²) in [5.41, 5.74) is 3.28. The Morgan fingerprint density at radius 2 is 2.24 bits per heavy atom. The predicted molar refractivity (Wildman–Crippen MR) is 88.0 cm³/mol. The lowest BCUT2D eigenvalue weighted by atomic mass is 10.2. The first-order chi connectivity index (χ1) is 12.1. The number of tetrazole rings is 1. The molecule has 126 valence electrons. The van der Waals surface area contributed by atoms with Crippen LogP contribution >= 0.6 is 0 Å². The summed E-state index contributed by atoms with van der Waals surface area (Å²) in [7, 11) is 0. The number of hydrogen-bond donors (Lipinski definition) is 3. The minimum atomic E-state index is -0.308. The highest BCUT2D eigenvalue weighted by atomic mass is 16.1. The number of hydrogen-bond acceptors (Lipinski definition) is 6. The molecular weight excluding hydrogens is 322 g/mol. The second kappa shape index (κ2) is 5.82. The molecule has 10 heteroatoms. The molecule has 4 aromatic rings. The summed E-state index contributed by atoms with van der Waals surface area (Å²) in [6.07, 6.45) is 2.82. The number of rotatable bonds is 4. The average molecular weight is 337 g/mol. The van der Waals surface area contributed by atoms with E-state index >= 15 is 0 Å². The molecule has 1 amide bonds. The van der Waals surface area contributed by atoms with Crippen LogP contribution in [0.5, 0.6) is 0 Å². The van der Waals surface area contributed by atoms with Crippen molar-refractivity contribution < 1.29 is 4.79 Å². The molecule has 25 heavy (non-hydrogen) atoms. The molecular formula is C15H15N9O. The second-order valence-corrected chi connectivity index (χ2v) is 5.72. The molecule has 3 aromatic heterocycles. The summed E-state index contributed by atoms with van der Waals surface area (Å²) in [4.78, 5) is 20.4. The van der Waals surface area contributed by atoms with Gasteiger partial charge in [0, 0.05) is 0 Å². The largest absolute Gasteiger partial charge is 0.342 e. The van der Waals surface area contributed by atoms with Crippen LogP contribution in [0.2, 0.25) is 0 Å². The Labute approximate surface area is 141 Å². The number of aromatic amines is 2. The zero-order valence-corrected chi connectivity index (χ0v) is 13.6. The van der Waals surface area contributed by atoms with Crippen molar-refractivity contribution in [2.75, 3.05) is 0 Å². The van der Waals surface area contributed by atoms with Gasteiger partial charge in [-0.1, -0.05) is 6.07 Å². The molecule has 0 unspecified atom stereocenters. The summed E-state index contributed by atoms with van der Waals surface area (Å²) >= 11 is 0. The third kappa shape index (κ3) is 2.73. The van der Waals surface area contributed by atoms with Crippen molar-refractivity contribution >= 4 is 16.9 Å². The molecule has 0 fully saturated rings. The first-order valence-electron chi connectivity index (χ1n) is 7.65. The van der Waals surface area contributed by atoms with E-state index in [9.17, 15) is 4.79 Å². The average Bonchev–Trinajstić information content (AvgIpc) is 3.32. The van der Waals surface area contributed by atoms with E-state index < -0.39 is 0 Å². The van der Waals surface area contributed by atoms with E-state index in [1.807, 2.05) is 32.0 Å². The zero-order valence-electron chi connectivity index (χ0n) is 13.6. The fraction of sp³-hybridized carbons (Fsp3) is 0.200. The van der Waals surface area contributed by atoms with Gasteiger partial charge in [-0.05, 0) is 42.0 Å². The first-order valence-corrected chi connectivity index (χ1v) is 7.65. The zero-order chi connectivity index (χ0) is 17.4. The molecule has 0 spiro atoms. The molecule has 1 aromatic carbocycles. The van der Waals surface area contributed by atoms with Gasteiger partial charge in [0.25, 0.3) is 5.91 Å². The van der Waals surface area contributed by atoms with Gasteiger partial charge >= 0.3 is 0 Å². The first kappa shape index (κ1) is 15.0. The number of H-pyrrole nitrogens is 2. The Balaban J connectivity index is 1.57. The van der Waals surface area contributed by atoms with Crippen LogP contribution < -0.4 is 5.32 Å². The Bertz CT molecular complexity index is 1030. The monoisotopic (exact) mass is 337 g/mol. The Morgan fingerprint density at radius 1 is 1.36 bits per heavy atom. The number of fused-ring (bicyclic) bond motifs is 1. The molecule has 1 atom stereocenters. The molecule has 0 aliphatic rings. The summed E-state index contributed by atoms with van der Waals surface area (Å²) in [5.74, 6) is 0.778. The van der Waals surface area contributed by atoms with Gasteiger partial charge in [-0.15, -0.1) is 5.10 Å². The maximum absolute atomic E-state index is 12.6. The number of carbonyl (C=O) groups excluding carboxylic acids is 1. The van der Waals surface area contributed by atoms with Crippen LogP contribution in [0.4, 0.5) is 0 Å². The van der Waals surface area contributed by atoms with E-state index in [1.54, 1.807) is 0 Å². The van der Waals surface area contributed by atoms with Crippen LogP contribution in [0.25, 0.3) is 16.9 Å². The minimum Gasteiger partial charge on any atom is -0.342 e. The number of benzene rings is 1. The van der Waals surface area contributed by atoms with E-state index in [0.717, 1.165) is 16.6 Å². The van der Waals surface area contributed by atoms with E-state index in [2.05, 4.69) is 41.0 Å². The molecule has 0 saturated heterocycles. The molecule has 3 heterocycles. The molecule has 0 radical (unpaired) electrons. The summed E-state index contributed by atoms with van der Waals surface area (Å²) < 4.78 is 1.34. The maximum Gasteiger partial charge on any atom is 0.257 e. The predicted octanol–water partition coefficient (Wildman–Crippen LogP) is 1.06. The fourth-order valence-electron chi connectivity index (χ4n) is 2.57. The fourth-order valence-corrected chi connectivity index (χ4v) is 2.57. The molecule has 0 bridgehead atoms. The molecule has 10 nitrogen and oxygen atoms in total. The van der Waals surface area contributed by atoms with E-state index in [1.165, 1.54) is 17.2 Å². The second-order valence-electron chi connectivity index (χ2n) is 5.72. The molecule has 4 rings (SSSR count). The number of imidazole rings is 1. The van der Waals surface area contributed by atoms with Crippen LogP contribution in [0.3, 0.4) is 0 Å². The van der Waals surface area contributed by atoms with Crippen molar-refractivity contribution in [2.45, 2.75) is 19.9 Å². The van der Waals surface area contributed by atoms with Gasteiger partial charge in [0.15, 0.2) is 5.82 Å². The van der Waals surface area contributed by atoms with E-state index in [0.29, 0.717) is 17.2 Å². The molecule has 0 aliphatic carbocycles. The number of nitrogens with one attached hydrogen (secondary N) is 3. The van der Waals surface area contributed by atoms with E-state index in [-0.39, 0.29) is 11.9 Å². The lowest BCUT2D eigenvalue weighted by Gasteiger charge is -2.11. The maximum atomic E-state index is 12.6.